The molecule has 0 spiro atoms. The van der Waals surface area contributed by atoms with Crippen LogP contribution in [0.5, 0.6) is 0 Å². The molecule has 0 saturated heterocycles. The van der Waals surface area contributed by atoms with E-state index in [1.54, 1.807) is 0 Å². The third kappa shape index (κ3) is 3.52. The van der Waals surface area contributed by atoms with Crippen LogP contribution in [-0.4, -0.2) is 0 Å². The molecule has 0 aliphatic carbocycles. The normalized spacial score (nSPS) is 11.6. The Morgan fingerprint density at radius 2 is 0.974 bits per heavy atom. The van der Waals surface area contributed by atoms with Crippen LogP contribution in [0.15, 0.2) is 148 Å². The molecule has 0 N–H and O–H groups in total. The molecular weight excluding hydrogens is 478 g/mol. The molecule has 39 heavy (non-hydrogen) atoms. The Morgan fingerprint density at radius 3 is 1.69 bits per heavy atom. The summed E-state index contributed by atoms with van der Waals surface area (Å²) in [6, 6.07) is 48.3. The zero-order valence-electron chi connectivity index (χ0n) is 21.0. The molecule has 2 heterocycles. The van der Waals surface area contributed by atoms with Crippen LogP contribution in [0.1, 0.15) is 0 Å². The predicted octanol–water partition coefficient (Wildman–Crippen LogP) is 10.6. The van der Waals surface area contributed by atoms with Crippen molar-refractivity contribution >= 4 is 60.9 Å². The first-order valence-electron chi connectivity index (χ1n) is 13.1. The van der Waals surface area contributed by atoms with E-state index < -0.39 is 0 Å². The van der Waals surface area contributed by atoms with Crippen LogP contribution < -0.4 is 4.90 Å². The molecule has 3 heteroatoms. The highest BCUT2D eigenvalue weighted by atomic mass is 16.3. The number of hydrogen-bond acceptors (Lipinski definition) is 3. The van der Waals surface area contributed by atoms with Crippen molar-refractivity contribution in [3.05, 3.63) is 140 Å². The highest BCUT2D eigenvalue weighted by Gasteiger charge is 2.20. The van der Waals surface area contributed by atoms with Crippen molar-refractivity contribution in [3.63, 3.8) is 0 Å². The highest BCUT2D eigenvalue weighted by Crippen LogP contribution is 2.44. The smallest absolute Gasteiger partial charge is 0.137 e. The molecule has 8 aromatic rings. The predicted molar refractivity (Wildman–Crippen MR) is 161 cm³/mol. The summed E-state index contributed by atoms with van der Waals surface area (Å²) in [4.78, 5) is 2.28. The maximum Gasteiger partial charge on any atom is 0.137 e. The Hall–Kier alpha value is -5.28. The highest BCUT2D eigenvalue weighted by molar-refractivity contribution is 6.18. The van der Waals surface area contributed by atoms with Gasteiger partial charge in [-0.05, 0) is 71.8 Å². The van der Waals surface area contributed by atoms with Gasteiger partial charge in [0.25, 0.3) is 0 Å². The van der Waals surface area contributed by atoms with Crippen molar-refractivity contribution < 1.29 is 8.83 Å². The summed E-state index contributed by atoms with van der Waals surface area (Å²) in [6.07, 6.45) is 0. The molecule has 8 rings (SSSR count). The van der Waals surface area contributed by atoms with Gasteiger partial charge >= 0.3 is 0 Å². The number of rotatable bonds is 4. The number of para-hydroxylation sites is 2. The Labute approximate surface area is 225 Å². The van der Waals surface area contributed by atoms with Gasteiger partial charge in [0.15, 0.2) is 0 Å². The summed E-state index contributed by atoms with van der Waals surface area (Å²) in [5.74, 6) is 0. The second-order valence-electron chi connectivity index (χ2n) is 9.78. The second-order valence-corrected chi connectivity index (χ2v) is 9.78. The topological polar surface area (TPSA) is 29.5 Å². The second kappa shape index (κ2) is 8.64. The van der Waals surface area contributed by atoms with Gasteiger partial charge < -0.3 is 13.7 Å². The van der Waals surface area contributed by atoms with Gasteiger partial charge in [-0.25, -0.2) is 0 Å². The molecular formula is C36H23NO2. The lowest BCUT2D eigenvalue weighted by atomic mass is 10.0. The quantitative estimate of drug-likeness (QED) is 0.240. The zero-order valence-corrected chi connectivity index (χ0v) is 21.0. The van der Waals surface area contributed by atoms with E-state index in [0.29, 0.717) is 0 Å². The van der Waals surface area contributed by atoms with E-state index in [1.807, 2.05) is 24.3 Å². The van der Waals surface area contributed by atoms with Crippen LogP contribution in [0.25, 0.3) is 55.0 Å². The van der Waals surface area contributed by atoms with E-state index >= 15 is 0 Å². The molecule has 0 unspecified atom stereocenters. The Kier molecular flexibility index (Phi) is 4.82. The third-order valence-corrected chi connectivity index (χ3v) is 7.44. The van der Waals surface area contributed by atoms with Gasteiger partial charge in [-0.3, -0.25) is 0 Å². The van der Waals surface area contributed by atoms with E-state index in [0.717, 1.165) is 66.5 Å². The molecule has 0 saturated carbocycles. The molecule has 0 fully saturated rings. The largest absolute Gasteiger partial charge is 0.456 e. The van der Waals surface area contributed by atoms with E-state index in [-0.39, 0.29) is 0 Å². The minimum absolute atomic E-state index is 0.848. The van der Waals surface area contributed by atoms with Gasteiger partial charge in [0.05, 0.1) is 11.1 Å². The van der Waals surface area contributed by atoms with E-state index in [9.17, 15) is 0 Å². The maximum absolute atomic E-state index is 6.47. The first kappa shape index (κ1) is 21.8. The van der Waals surface area contributed by atoms with Crippen molar-refractivity contribution in [1.29, 1.82) is 0 Å². The molecule has 0 bridgehead atoms. The Balaban J connectivity index is 1.37. The SMILES string of the molecule is c1ccc(-c2ccc3c(c2)oc2cc4c(cc23)oc2cccc(N(c3ccccc3)c3ccccc3)c24)cc1. The number of fused-ring (bicyclic) bond motifs is 6. The lowest BCUT2D eigenvalue weighted by Gasteiger charge is -2.26. The minimum atomic E-state index is 0.848. The third-order valence-electron chi connectivity index (χ3n) is 7.44. The van der Waals surface area contributed by atoms with Gasteiger partial charge in [0, 0.05) is 27.5 Å². The molecule has 0 amide bonds. The van der Waals surface area contributed by atoms with Crippen molar-refractivity contribution in [3.8, 4) is 11.1 Å². The van der Waals surface area contributed by atoms with Crippen LogP contribution in [0, 0.1) is 0 Å². The van der Waals surface area contributed by atoms with Crippen LogP contribution in [0.2, 0.25) is 0 Å². The summed E-state index contributed by atoms with van der Waals surface area (Å²) in [6.45, 7) is 0. The van der Waals surface area contributed by atoms with Crippen LogP contribution in [0.4, 0.5) is 17.1 Å². The monoisotopic (exact) mass is 501 g/mol. The van der Waals surface area contributed by atoms with Crippen molar-refractivity contribution in [2.45, 2.75) is 0 Å². The van der Waals surface area contributed by atoms with Gasteiger partial charge in [0.2, 0.25) is 0 Å². The summed E-state index contributed by atoms with van der Waals surface area (Å²) >= 11 is 0. The summed E-state index contributed by atoms with van der Waals surface area (Å²) in [5.41, 5.74) is 8.97. The van der Waals surface area contributed by atoms with Gasteiger partial charge in [0.1, 0.15) is 22.3 Å². The number of furan rings is 2. The van der Waals surface area contributed by atoms with E-state index in [4.69, 9.17) is 8.83 Å². The van der Waals surface area contributed by atoms with E-state index in [1.165, 1.54) is 5.56 Å². The molecule has 6 aromatic carbocycles. The summed E-state index contributed by atoms with van der Waals surface area (Å²) < 4.78 is 12.9. The lowest BCUT2D eigenvalue weighted by molar-refractivity contribution is 0.664. The van der Waals surface area contributed by atoms with Gasteiger partial charge in [-0.1, -0.05) is 78.9 Å². The van der Waals surface area contributed by atoms with E-state index in [2.05, 4.69) is 120 Å². The molecule has 0 atom stereocenters. The fraction of sp³-hybridized carbons (Fsp3) is 0. The van der Waals surface area contributed by atoms with Crippen molar-refractivity contribution in [2.24, 2.45) is 0 Å². The maximum atomic E-state index is 6.47. The van der Waals surface area contributed by atoms with Gasteiger partial charge in [-0.2, -0.15) is 0 Å². The Bertz CT molecular complexity index is 2070. The molecule has 3 nitrogen and oxygen atoms in total. The number of benzene rings is 6. The molecule has 0 aliphatic heterocycles. The van der Waals surface area contributed by atoms with Crippen LogP contribution in [0.3, 0.4) is 0 Å². The fourth-order valence-electron chi connectivity index (χ4n) is 5.65. The first-order chi connectivity index (χ1) is 19.3. The van der Waals surface area contributed by atoms with Gasteiger partial charge in [-0.15, -0.1) is 0 Å². The molecule has 0 radical (unpaired) electrons. The fourth-order valence-corrected chi connectivity index (χ4v) is 5.65. The number of nitrogens with zero attached hydrogens (tertiary/aromatic N) is 1. The van der Waals surface area contributed by atoms with Crippen LogP contribution >= 0.6 is 0 Å². The average Bonchev–Trinajstić information content (AvgIpc) is 3.55. The minimum Gasteiger partial charge on any atom is -0.456 e. The first-order valence-corrected chi connectivity index (χ1v) is 13.1. The zero-order chi connectivity index (χ0) is 25.8. The Morgan fingerprint density at radius 1 is 0.385 bits per heavy atom. The number of anilines is 3. The lowest BCUT2D eigenvalue weighted by Crippen LogP contribution is -2.09. The molecule has 2 aromatic heterocycles. The molecule has 0 aliphatic rings. The van der Waals surface area contributed by atoms with Crippen LogP contribution in [-0.2, 0) is 0 Å². The standard InChI is InChI=1S/C36H23NO2/c1-4-11-24(12-5-1)25-19-20-28-29-22-35-30(23-34(29)39-33(28)21-25)36-31(17-10-18-32(36)38-35)37(26-13-6-2-7-14-26)27-15-8-3-9-16-27/h1-23H. The number of hydrogen-bond donors (Lipinski definition) is 0. The average molecular weight is 502 g/mol. The van der Waals surface area contributed by atoms with Crippen molar-refractivity contribution in [1.82, 2.24) is 0 Å². The van der Waals surface area contributed by atoms with Crippen molar-refractivity contribution in [2.75, 3.05) is 4.90 Å². The summed E-state index contributed by atoms with van der Waals surface area (Å²) in [7, 11) is 0. The summed E-state index contributed by atoms with van der Waals surface area (Å²) in [5, 5.41) is 4.24. The molecule has 184 valence electrons.